The first-order valence-corrected chi connectivity index (χ1v) is 8.83. The second kappa shape index (κ2) is 9.38. The third-order valence-corrected chi connectivity index (χ3v) is 5.01. The first-order valence-electron chi connectivity index (χ1n) is 7.78. The molecule has 25 heavy (non-hydrogen) atoms. The van der Waals surface area contributed by atoms with Crippen LogP contribution in [0.4, 0.5) is 0 Å². The van der Waals surface area contributed by atoms with Crippen LogP contribution in [-0.2, 0) is 19.2 Å². The highest BCUT2D eigenvalue weighted by atomic mass is 32.2. The highest BCUT2D eigenvalue weighted by molar-refractivity contribution is 8.00. The SMILES string of the molecule is C=C(NC(=O)C1CSC(C)C(NC)C(=O)N1)C(=O)N/C(=C\C)C(C)=O. The van der Waals surface area contributed by atoms with Gasteiger partial charge in [-0.3, -0.25) is 19.2 Å². The van der Waals surface area contributed by atoms with Crippen LogP contribution in [0.2, 0.25) is 0 Å². The summed E-state index contributed by atoms with van der Waals surface area (Å²) in [6.07, 6.45) is 1.46. The molecule has 0 aromatic heterocycles. The van der Waals surface area contributed by atoms with E-state index in [2.05, 4.69) is 27.8 Å². The van der Waals surface area contributed by atoms with Gasteiger partial charge in [-0.15, -0.1) is 0 Å². The molecule has 4 N–H and O–H groups in total. The Labute approximate surface area is 151 Å². The van der Waals surface area contributed by atoms with Gasteiger partial charge in [0.25, 0.3) is 5.91 Å². The number of ketones is 1. The molecule has 1 fully saturated rings. The molecule has 1 aliphatic heterocycles. The van der Waals surface area contributed by atoms with Crippen LogP contribution in [0.3, 0.4) is 0 Å². The molecule has 0 saturated carbocycles. The van der Waals surface area contributed by atoms with E-state index in [0.717, 1.165) is 0 Å². The van der Waals surface area contributed by atoms with Crippen LogP contribution in [0.5, 0.6) is 0 Å². The molecule has 0 radical (unpaired) electrons. The monoisotopic (exact) mass is 368 g/mol. The minimum absolute atomic E-state index is 0.00196. The fourth-order valence-electron chi connectivity index (χ4n) is 2.22. The lowest BCUT2D eigenvalue weighted by molar-refractivity contribution is -0.129. The fraction of sp³-hybridized carbons (Fsp3) is 0.500. The zero-order valence-corrected chi connectivity index (χ0v) is 15.6. The van der Waals surface area contributed by atoms with E-state index < -0.39 is 23.9 Å². The highest BCUT2D eigenvalue weighted by Crippen LogP contribution is 2.19. The van der Waals surface area contributed by atoms with E-state index in [1.807, 2.05) is 6.92 Å². The fourth-order valence-corrected chi connectivity index (χ4v) is 3.40. The number of thioether (sulfide) groups is 1. The van der Waals surface area contributed by atoms with Crippen molar-refractivity contribution in [3.8, 4) is 0 Å². The topological polar surface area (TPSA) is 116 Å². The Hall–Kier alpha value is -2.13. The van der Waals surface area contributed by atoms with Crippen molar-refractivity contribution in [1.29, 1.82) is 0 Å². The van der Waals surface area contributed by atoms with E-state index in [0.29, 0.717) is 5.75 Å². The molecule has 1 rings (SSSR count). The summed E-state index contributed by atoms with van der Waals surface area (Å²) in [6.45, 7) is 8.33. The van der Waals surface area contributed by atoms with Crippen molar-refractivity contribution in [2.75, 3.05) is 12.8 Å². The van der Waals surface area contributed by atoms with Crippen LogP contribution < -0.4 is 21.3 Å². The Morgan fingerprint density at radius 3 is 2.48 bits per heavy atom. The van der Waals surface area contributed by atoms with Crippen molar-refractivity contribution in [2.24, 2.45) is 0 Å². The van der Waals surface area contributed by atoms with Crippen LogP contribution >= 0.6 is 11.8 Å². The van der Waals surface area contributed by atoms with Crippen LogP contribution in [-0.4, -0.2) is 53.6 Å². The van der Waals surface area contributed by atoms with E-state index in [1.54, 1.807) is 14.0 Å². The van der Waals surface area contributed by atoms with E-state index in [-0.39, 0.29) is 28.3 Å². The number of Topliss-reactive ketones (excluding diaryl/α,β-unsaturated/α-hetero) is 1. The van der Waals surface area contributed by atoms with E-state index in [9.17, 15) is 19.2 Å². The van der Waals surface area contributed by atoms with Gasteiger partial charge in [0.2, 0.25) is 11.8 Å². The lowest BCUT2D eigenvalue weighted by Gasteiger charge is -2.18. The highest BCUT2D eigenvalue weighted by Gasteiger charge is 2.33. The van der Waals surface area contributed by atoms with Crippen molar-refractivity contribution in [3.63, 3.8) is 0 Å². The normalized spacial score (nSPS) is 23.9. The summed E-state index contributed by atoms with van der Waals surface area (Å²) < 4.78 is 0. The summed E-state index contributed by atoms with van der Waals surface area (Å²) in [6, 6.07) is -1.18. The summed E-state index contributed by atoms with van der Waals surface area (Å²) in [5.41, 5.74) is -0.0864. The average Bonchev–Trinajstić information content (AvgIpc) is 2.69. The van der Waals surface area contributed by atoms with Gasteiger partial charge < -0.3 is 21.3 Å². The zero-order chi connectivity index (χ0) is 19.1. The Morgan fingerprint density at radius 1 is 1.32 bits per heavy atom. The molecule has 3 atom stereocenters. The maximum Gasteiger partial charge on any atom is 0.271 e. The minimum Gasteiger partial charge on any atom is -0.342 e. The summed E-state index contributed by atoms with van der Waals surface area (Å²) in [5, 5.41) is 10.3. The number of nitrogens with one attached hydrogen (secondary N) is 4. The van der Waals surface area contributed by atoms with Gasteiger partial charge in [0.1, 0.15) is 6.04 Å². The van der Waals surface area contributed by atoms with Crippen molar-refractivity contribution in [1.82, 2.24) is 21.3 Å². The maximum absolute atomic E-state index is 12.3. The standard InChI is InChI=1S/C16H24N4O4S/c1-6-11(9(3)21)19-14(22)8(2)18-15(23)12-7-25-10(4)13(17-5)16(24)20-12/h6,10,12-13,17H,2,7H2,1,3-5H3,(H,18,23)(H,19,22)(H,20,24)/b11-6-. The van der Waals surface area contributed by atoms with E-state index >= 15 is 0 Å². The third-order valence-electron chi connectivity index (χ3n) is 3.69. The van der Waals surface area contributed by atoms with Gasteiger partial charge in [-0.2, -0.15) is 11.8 Å². The molecule has 0 aromatic carbocycles. The predicted octanol–water partition coefficient (Wildman–Crippen LogP) is -0.567. The number of amides is 3. The number of likely N-dealkylation sites (N-methyl/N-ethyl adjacent to an activating group) is 1. The molecule has 9 heteroatoms. The lowest BCUT2D eigenvalue weighted by atomic mass is 10.2. The summed E-state index contributed by atoms with van der Waals surface area (Å²) in [7, 11) is 1.68. The molecule has 1 aliphatic rings. The van der Waals surface area contributed by atoms with Gasteiger partial charge in [0.15, 0.2) is 5.78 Å². The number of hydrogen-bond donors (Lipinski definition) is 4. The van der Waals surface area contributed by atoms with Crippen molar-refractivity contribution >= 4 is 35.3 Å². The molecule has 0 bridgehead atoms. The number of hydrogen-bond acceptors (Lipinski definition) is 6. The molecule has 8 nitrogen and oxygen atoms in total. The molecule has 0 aromatic rings. The smallest absolute Gasteiger partial charge is 0.271 e. The molecule has 1 saturated heterocycles. The van der Waals surface area contributed by atoms with Crippen LogP contribution in [0, 0.1) is 0 Å². The summed E-state index contributed by atoms with van der Waals surface area (Å²) >= 11 is 1.47. The zero-order valence-electron chi connectivity index (χ0n) is 14.8. The Bertz CT molecular complexity index is 617. The number of carbonyl (C=O) groups excluding carboxylic acids is 4. The first kappa shape index (κ1) is 20.9. The van der Waals surface area contributed by atoms with Crippen molar-refractivity contribution in [3.05, 3.63) is 24.0 Å². The second-order valence-electron chi connectivity index (χ2n) is 5.55. The van der Waals surface area contributed by atoms with Gasteiger partial charge in [0.05, 0.1) is 17.4 Å². The molecule has 1 heterocycles. The van der Waals surface area contributed by atoms with Crippen molar-refractivity contribution in [2.45, 2.75) is 38.1 Å². The van der Waals surface area contributed by atoms with Gasteiger partial charge in [-0.05, 0) is 14.0 Å². The number of allylic oxidation sites excluding steroid dienone is 2. The Morgan fingerprint density at radius 2 is 1.96 bits per heavy atom. The molecule has 0 aliphatic carbocycles. The van der Waals surface area contributed by atoms with Crippen molar-refractivity contribution < 1.29 is 19.2 Å². The van der Waals surface area contributed by atoms with Gasteiger partial charge in [0, 0.05) is 17.9 Å². The molecular formula is C16H24N4O4S. The van der Waals surface area contributed by atoms with Crippen LogP contribution in [0.25, 0.3) is 0 Å². The molecule has 3 amide bonds. The van der Waals surface area contributed by atoms with E-state index in [4.69, 9.17) is 0 Å². The third kappa shape index (κ3) is 5.71. The number of rotatable bonds is 6. The average molecular weight is 368 g/mol. The summed E-state index contributed by atoms with van der Waals surface area (Å²) in [4.78, 5) is 47.8. The first-order chi connectivity index (χ1) is 11.7. The Balaban J connectivity index is 2.69. The lowest BCUT2D eigenvalue weighted by Crippen LogP contribution is -2.53. The summed E-state index contributed by atoms with van der Waals surface area (Å²) in [5.74, 6) is -1.43. The van der Waals surface area contributed by atoms with E-state index in [1.165, 1.54) is 24.8 Å². The van der Waals surface area contributed by atoms with Gasteiger partial charge >= 0.3 is 0 Å². The maximum atomic E-state index is 12.3. The number of carbonyl (C=O) groups is 4. The van der Waals surface area contributed by atoms with Crippen LogP contribution in [0.1, 0.15) is 20.8 Å². The largest absolute Gasteiger partial charge is 0.342 e. The molecule has 3 unspecified atom stereocenters. The molecule has 138 valence electrons. The van der Waals surface area contributed by atoms with Gasteiger partial charge in [-0.1, -0.05) is 19.6 Å². The predicted molar refractivity (Wildman–Crippen MR) is 96.6 cm³/mol. The van der Waals surface area contributed by atoms with Crippen LogP contribution in [0.15, 0.2) is 24.0 Å². The minimum atomic E-state index is -0.781. The second-order valence-corrected chi connectivity index (χ2v) is 6.96. The molecule has 0 spiro atoms. The quantitative estimate of drug-likeness (QED) is 0.467. The Kier molecular flexibility index (Phi) is 7.85. The molecular weight excluding hydrogens is 344 g/mol. The van der Waals surface area contributed by atoms with Gasteiger partial charge in [-0.25, -0.2) is 0 Å².